The first-order chi connectivity index (χ1) is 4.80. The summed E-state index contributed by atoms with van der Waals surface area (Å²) in [5, 5.41) is 8.17. The number of aliphatic hydroxyl groups excluding tert-OH is 1. The molecule has 1 N–H and O–H groups in total. The highest BCUT2D eigenvalue weighted by Crippen LogP contribution is 2.44. The fourth-order valence-corrected chi connectivity index (χ4v) is 0.621. The normalized spacial score (nSPS) is 26.9. The summed E-state index contributed by atoms with van der Waals surface area (Å²) in [5.41, 5.74) is 0. The number of aliphatic hydroxyl groups is 1. The van der Waals surface area contributed by atoms with Crippen LogP contribution in [-0.2, 0) is 4.79 Å². The molecule has 6 heteroatoms. The minimum atomic E-state index is -4.79. The Bertz CT molecular complexity index is 243. The van der Waals surface area contributed by atoms with E-state index >= 15 is 0 Å². The molecule has 0 aromatic carbocycles. The summed E-state index contributed by atoms with van der Waals surface area (Å²) in [6.45, 7) is 0. The third-order valence-corrected chi connectivity index (χ3v) is 1.29. The summed E-state index contributed by atoms with van der Waals surface area (Å²) in [6, 6.07) is 0. The molecule has 1 aliphatic carbocycles. The van der Waals surface area contributed by atoms with Crippen LogP contribution in [0.15, 0.2) is 11.8 Å². The molecular formula is C5H2F4O2. The lowest BCUT2D eigenvalue weighted by atomic mass is 10.2. The Morgan fingerprint density at radius 3 is 1.73 bits per heavy atom. The number of carbonyl (C=O) groups is 1. The molecule has 0 atom stereocenters. The van der Waals surface area contributed by atoms with E-state index < -0.39 is 23.4 Å². The van der Waals surface area contributed by atoms with Crippen molar-refractivity contribution in [2.45, 2.75) is 11.8 Å². The highest BCUT2D eigenvalue weighted by atomic mass is 19.3. The number of hydrogen-bond acceptors (Lipinski definition) is 2. The van der Waals surface area contributed by atoms with Gasteiger partial charge in [0.15, 0.2) is 5.76 Å². The van der Waals surface area contributed by atoms with Gasteiger partial charge < -0.3 is 5.11 Å². The number of ketones is 1. The quantitative estimate of drug-likeness (QED) is 0.556. The van der Waals surface area contributed by atoms with E-state index in [1.54, 1.807) is 0 Å². The molecule has 0 fully saturated rings. The van der Waals surface area contributed by atoms with Gasteiger partial charge in [0.25, 0.3) is 0 Å². The summed E-state index contributed by atoms with van der Waals surface area (Å²) in [5.74, 6) is -13.5. The number of halogens is 4. The largest absolute Gasteiger partial charge is 0.506 e. The van der Waals surface area contributed by atoms with E-state index in [9.17, 15) is 22.4 Å². The number of carbonyl (C=O) groups excluding carboxylic acids is 1. The highest BCUT2D eigenvalue weighted by molar-refractivity contribution is 6.00. The van der Waals surface area contributed by atoms with Crippen LogP contribution in [0.1, 0.15) is 0 Å². The predicted octanol–water partition coefficient (Wildman–Crippen LogP) is 1.28. The van der Waals surface area contributed by atoms with Crippen LogP contribution >= 0.6 is 0 Å². The van der Waals surface area contributed by atoms with Gasteiger partial charge in [0.05, 0.1) is 0 Å². The summed E-state index contributed by atoms with van der Waals surface area (Å²) in [4.78, 5) is 10.1. The SMILES string of the molecule is O=C1C=C(O)C(F)(F)C1(F)F. The maximum atomic E-state index is 12.1. The molecule has 0 radical (unpaired) electrons. The Morgan fingerprint density at radius 2 is 1.64 bits per heavy atom. The molecule has 0 bridgehead atoms. The second-order valence-electron chi connectivity index (χ2n) is 2.04. The Hall–Kier alpha value is -1.07. The average molecular weight is 170 g/mol. The average Bonchev–Trinajstić information content (AvgIpc) is 1.95. The zero-order chi connectivity index (χ0) is 8.86. The van der Waals surface area contributed by atoms with Crippen LogP contribution < -0.4 is 0 Å². The molecule has 0 amide bonds. The molecule has 11 heavy (non-hydrogen) atoms. The molecule has 62 valence electrons. The van der Waals surface area contributed by atoms with E-state index in [4.69, 9.17) is 5.11 Å². The van der Waals surface area contributed by atoms with Crippen LogP contribution in [0, 0.1) is 0 Å². The fourth-order valence-electron chi connectivity index (χ4n) is 0.621. The van der Waals surface area contributed by atoms with E-state index in [0.29, 0.717) is 0 Å². The van der Waals surface area contributed by atoms with E-state index in [-0.39, 0.29) is 6.08 Å². The van der Waals surface area contributed by atoms with E-state index in [1.165, 1.54) is 0 Å². The first kappa shape index (κ1) is 8.03. The first-order valence-electron chi connectivity index (χ1n) is 2.51. The van der Waals surface area contributed by atoms with Gasteiger partial charge in [0, 0.05) is 6.08 Å². The summed E-state index contributed by atoms with van der Waals surface area (Å²) in [6.07, 6.45) is -0.167. The second kappa shape index (κ2) is 1.75. The topological polar surface area (TPSA) is 37.3 Å². The predicted molar refractivity (Wildman–Crippen MR) is 25.6 cm³/mol. The Morgan fingerprint density at radius 1 is 1.18 bits per heavy atom. The third kappa shape index (κ3) is 0.749. The molecule has 0 heterocycles. The monoisotopic (exact) mass is 170 g/mol. The van der Waals surface area contributed by atoms with Gasteiger partial charge in [0.2, 0.25) is 5.78 Å². The Labute approximate surface area is 58.1 Å². The lowest BCUT2D eigenvalue weighted by Crippen LogP contribution is -2.42. The molecule has 0 aliphatic heterocycles. The van der Waals surface area contributed by atoms with Crippen LogP contribution in [-0.4, -0.2) is 22.7 Å². The zero-order valence-corrected chi connectivity index (χ0v) is 4.94. The molecule has 0 saturated carbocycles. The van der Waals surface area contributed by atoms with Gasteiger partial charge >= 0.3 is 11.8 Å². The van der Waals surface area contributed by atoms with Crippen molar-refractivity contribution in [2.24, 2.45) is 0 Å². The molecule has 0 saturated heterocycles. The van der Waals surface area contributed by atoms with Gasteiger partial charge in [-0.05, 0) is 0 Å². The van der Waals surface area contributed by atoms with Gasteiger partial charge in [-0.1, -0.05) is 0 Å². The molecular weight excluding hydrogens is 168 g/mol. The number of alkyl halides is 4. The molecule has 0 spiro atoms. The minimum Gasteiger partial charge on any atom is -0.506 e. The van der Waals surface area contributed by atoms with Gasteiger partial charge in [0.1, 0.15) is 0 Å². The van der Waals surface area contributed by atoms with Crippen molar-refractivity contribution in [1.82, 2.24) is 0 Å². The van der Waals surface area contributed by atoms with Crippen molar-refractivity contribution in [3.8, 4) is 0 Å². The molecule has 0 unspecified atom stereocenters. The number of hydrogen-bond donors (Lipinski definition) is 1. The van der Waals surface area contributed by atoms with Gasteiger partial charge in [-0.3, -0.25) is 4.79 Å². The minimum absolute atomic E-state index is 0.167. The van der Waals surface area contributed by atoms with Crippen LogP contribution in [0.4, 0.5) is 17.6 Å². The summed E-state index contributed by atoms with van der Waals surface area (Å²) < 4.78 is 48.3. The van der Waals surface area contributed by atoms with Crippen molar-refractivity contribution in [1.29, 1.82) is 0 Å². The van der Waals surface area contributed by atoms with Gasteiger partial charge in [-0.2, -0.15) is 17.6 Å². The summed E-state index contributed by atoms with van der Waals surface area (Å²) in [7, 11) is 0. The smallest absolute Gasteiger partial charge is 0.378 e. The van der Waals surface area contributed by atoms with Crippen LogP contribution in [0.25, 0.3) is 0 Å². The second-order valence-corrected chi connectivity index (χ2v) is 2.04. The summed E-state index contributed by atoms with van der Waals surface area (Å²) >= 11 is 0. The molecule has 2 nitrogen and oxygen atoms in total. The first-order valence-corrected chi connectivity index (χ1v) is 2.51. The van der Waals surface area contributed by atoms with Crippen LogP contribution in [0.3, 0.4) is 0 Å². The third-order valence-electron chi connectivity index (χ3n) is 1.29. The van der Waals surface area contributed by atoms with Crippen molar-refractivity contribution in [2.75, 3.05) is 0 Å². The van der Waals surface area contributed by atoms with Crippen LogP contribution in [0.2, 0.25) is 0 Å². The van der Waals surface area contributed by atoms with Crippen molar-refractivity contribution in [3.05, 3.63) is 11.8 Å². The highest BCUT2D eigenvalue weighted by Gasteiger charge is 2.68. The molecule has 1 rings (SSSR count). The fraction of sp³-hybridized carbons (Fsp3) is 0.400. The van der Waals surface area contributed by atoms with Gasteiger partial charge in [-0.25, -0.2) is 0 Å². The lowest BCUT2D eigenvalue weighted by molar-refractivity contribution is -0.190. The molecule has 0 aromatic rings. The number of allylic oxidation sites excluding steroid dienone is 2. The van der Waals surface area contributed by atoms with Crippen LogP contribution in [0.5, 0.6) is 0 Å². The molecule has 0 aromatic heterocycles. The van der Waals surface area contributed by atoms with E-state index in [2.05, 4.69) is 0 Å². The van der Waals surface area contributed by atoms with Gasteiger partial charge in [-0.15, -0.1) is 0 Å². The maximum absolute atomic E-state index is 12.1. The zero-order valence-electron chi connectivity index (χ0n) is 4.94. The van der Waals surface area contributed by atoms with Crippen molar-refractivity contribution < 1.29 is 27.5 Å². The molecule has 1 aliphatic rings. The lowest BCUT2D eigenvalue weighted by Gasteiger charge is -2.16. The number of rotatable bonds is 0. The van der Waals surface area contributed by atoms with Crippen molar-refractivity contribution >= 4 is 5.78 Å². The van der Waals surface area contributed by atoms with E-state index in [1.807, 2.05) is 0 Å². The Balaban J connectivity index is 3.17. The van der Waals surface area contributed by atoms with Crippen molar-refractivity contribution in [3.63, 3.8) is 0 Å². The maximum Gasteiger partial charge on any atom is 0.378 e. The van der Waals surface area contributed by atoms with E-state index in [0.717, 1.165) is 0 Å². The standard InChI is InChI=1S/C5H2F4O2/c6-4(7)2(10)1-3(11)5(4,8)9/h1,10H. The Kier molecular flexibility index (Phi) is 1.28.